The third-order valence-corrected chi connectivity index (χ3v) is 3.31. The van der Waals surface area contributed by atoms with Crippen molar-refractivity contribution in [1.29, 1.82) is 0 Å². The molecule has 0 saturated carbocycles. The Hall–Kier alpha value is -1.41. The highest BCUT2D eigenvalue weighted by Crippen LogP contribution is 2.15. The summed E-state index contributed by atoms with van der Waals surface area (Å²) in [6, 6.07) is 9.78. The Morgan fingerprint density at radius 1 is 0.909 bits per heavy atom. The second kappa shape index (κ2) is 7.73. The molecular formula is C16H22IN3O2. The molecule has 0 aromatic heterocycles. The molecule has 0 atom stereocenters. The molecular weight excluding hydrogens is 393 g/mol. The Balaban J connectivity index is 0.00000242. The van der Waals surface area contributed by atoms with Gasteiger partial charge >= 0.3 is 0 Å². The number of quaternary nitrogens is 1. The molecule has 0 radical (unpaired) electrons. The Bertz CT molecular complexity index is 671. The minimum atomic E-state index is -0.432. The van der Waals surface area contributed by atoms with Gasteiger partial charge in [0, 0.05) is 6.54 Å². The number of rotatable bonds is 7. The third-order valence-electron chi connectivity index (χ3n) is 3.31. The highest BCUT2D eigenvalue weighted by molar-refractivity contribution is 5.73. The van der Waals surface area contributed by atoms with Crippen LogP contribution in [0.1, 0.15) is 5.56 Å². The van der Waals surface area contributed by atoms with E-state index in [9.17, 15) is 9.59 Å². The van der Waals surface area contributed by atoms with Crippen molar-refractivity contribution >= 4 is 11.4 Å². The molecule has 2 aromatic rings. The van der Waals surface area contributed by atoms with Gasteiger partial charge in [0.1, 0.15) is 11.4 Å². The van der Waals surface area contributed by atoms with Crippen molar-refractivity contribution < 1.29 is 28.5 Å². The maximum atomic E-state index is 11.6. The van der Waals surface area contributed by atoms with Crippen molar-refractivity contribution in [3.8, 4) is 0 Å². The summed E-state index contributed by atoms with van der Waals surface area (Å²) in [7, 11) is 6.25. The molecule has 120 valence electrons. The summed E-state index contributed by atoms with van der Waals surface area (Å²) in [4.78, 5) is 23.3. The van der Waals surface area contributed by atoms with Gasteiger partial charge in [-0.25, -0.2) is 0 Å². The van der Waals surface area contributed by atoms with E-state index in [4.69, 9.17) is 0 Å². The molecule has 0 amide bonds. The van der Waals surface area contributed by atoms with Crippen molar-refractivity contribution in [2.75, 3.05) is 44.9 Å². The van der Waals surface area contributed by atoms with E-state index < -0.39 is 10.9 Å². The van der Waals surface area contributed by atoms with E-state index in [1.807, 2.05) is 30.3 Å². The number of halogens is 1. The van der Waals surface area contributed by atoms with Crippen LogP contribution in [0.5, 0.6) is 0 Å². The van der Waals surface area contributed by atoms with E-state index in [1.54, 1.807) is 0 Å². The van der Waals surface area contributed by atoms with Gasteiger partial charge in [-0.2, -0.15) is 0 Å². The largest absolute Gasteiger partial charge is 1.00 e. The number of anilines is 2. The number of nitrogens with one attached hydrogen (secondary N) is 2. The molecule has 2 rings (SSSR count). The number of likely N-dealkylation sites (N-methyl/N-ethyl adjacent to an activating group) is 1. The average molecular weight is 415 g/mol. The second-order valence-corrected chi connectivity index (χ2v) is 6.19. The van der Waals surface area contributed by atoms with E-state index in [0.717, 1.165) is 16.6 Å². The number of benzene rings is 1. The van der Waals surface area contributed by atoms with Crippen LogP contribution >= 0.6 is 0 Å². The number of hydrogen-bond acceptors (Lipinski definition) is 4. The van der Waals surface area contributed by atoms with Crippen molar-refractivity contribution in [1.82, 2.24) is 0 Å². The minimum absolute atomic E-state index is 0. The first-order valence-corrected chi connectivity index (χ1v) is 7.04. The lowest BCUT2D eigenvalue weighted by Crippen LogP contribution is -3.00. The van der Waals surface area contributed by atoms with E-state index in [2.05, 4.69) is 31.8 Å². The Morgan fingerprint density at radius 3 is 2.00 bits per heavy atom. The first-order chi connectivity index (χ1) is 9.88. The summed E-state index contributed by atoms with van der Waals surface area (Å²) >= 11 is 0. The first kappa shape index (κ1) is 18.6. The van der Waals surface area contributed by atoms with E-state index in [-0.39, 0.29) is 24.0 Å². The summed E-state index contributed by atoms with van der Waals surface area (Å²) in [5.74, 6) is 0. The number of nitrogens with zero attached hydrogens (tertiary/aromatic N) is 1. The summed E-state index contributed by atoms with van der Waals surface area (Å²) in [6.45, 7) is 2.07. The van der Waals surface area contributed by atoms with E-state index >= 15 is 0 Å². The summed E-state index contributed by atoms with van der Waals surface area (Å²) in [5.41, 5.74) is 1.04. The van der Waals surface area contributed by atoms with Gasteiger partial charge < -0.3 is 39.1 Å². The third kappa shape index (κ3) is 4.81. The van der Waals surface area contributed by atoms with Crippen molar-refractivity contribution in [2.24, 2.45) is 0 Å². The van der Waals surface area contributed by atoms with Crippen LogP contribution < -0.4 is 45.5 Å². The molecule has 2 N–H and O–H groups in total. The lowest BCUT2D eigenvalue weighted by molar-refractivity contribution is -0.868. The van der Waals surface area contributed by atoms with Gasteiger partial charge in [0.2, 0.25) is 0 Å². The zero-order valence-electron chi connectivity index (χ0n) is 13.1. The van der Waals surface area contributed by atoms with Crippen LogP contribution in [0.25, 0.3) is 0 Å². The fraction of sp³-hybridized carbons (Fsp3) is 0.375. The molecule has 0 unspecified atom stereocenters. The topological polar surface area (TPSA) is 58.2 Å². The monoisotopic (exact) mass is 415 g/mol. The van der Waals surface area contributed by atoms with Crippen molar-refractivity contribution in [3.05, 3.63) is 56.3 Å². The fourth-order valence-corrected chi connectivity index (χ4v) is 2.03. The molecule has 0 heterocycles. The summed E-state index contributed by atoms with van der Waals surface area (Å²) < 4.78 is 0.801. The molecule has 2 aromatic carbocycles. The minimum Gasteiger partial charge on any atom is -1.00 e. The normalized spacial score (nSPS) is 11.0. The Morgan fingerprint density at radius 2 is 1.45 bits per heavy atom. The predicted molar refractivity (Wildman–Crippen MR) is 86.5 cm³/mol. The maximum Gasteiger partial charge on any atom is 0.253 e. The van der Waals surface area contributed by atoms with Crippen LogP contribution in [0.4, 0.5) is 11.4 Å². The smallest absolute Gasteiger partial charge is 0.253 e. The zero-order chi connectivity index (χ0) is 15.5. The first-order valence-electron chi connectivity index (χ1n) is 7.04. The SMILES string of the molecule is C[N+](C)(C)CCNc1c(NCc2ccccc2)c(=O)c1=O.[I-]. The molecule has 0 aliphatic rings. The molecule has 0 bridgehead atoms. The maximum absolute atomic E-state index is 11.6. The molecule has 5 nitrogen and oxygen atoms in total. The van der Waals surface area contributed by atoms with Crippen LogP contribution in [0.3, 0.4) is 0 Å². The highest BCUT2D eigenvalue weighted by atomic mass is 127. The predicted octanol–water partition coefficient (Wildman–Crippen LogP) is -1.98. The van der Waals surface area contributed by atoms with Crippen LogP contribution in [0.2, 0.25) is 0 Å². The zero-order valence-corrected chi connectivity index (χ0v) is 15.3. The highest BCUT2D eigenvalue weighted by Gasteiger charge is 2.20. The molecule has 0 fully saturated rings. The number of hydrogen-bond donors (Lipinski definition) is 2. The fourth-order valence-electron chi connectivity index (χ4n) is 2.03. The second-order valence-electron chi connectivity index (χ2n) is 6.19. The lowest BCUT2D eigenvalue weighted by atomic mass is 10.1. The average Bonchev–Trinajstić information content (AvgIpc) is 2.45. The molecule has 0 saturated heterocycles. The van der Waals surface area contributed by atoms with Crippen LogP contribution in [0.15, 0.2) is 39.9 Å². The Labute approximate surface area is 147 Å². The van der Waals surface area contributed by atoms with Crippen LogP contribution in [0, 0.1) is 0 Å². The van der Waals surface area contributed by atoms with E-state index in [0.29, 0.717) is 24.5 Å². The van der Waals surface area contributed by atoms with Gasteiger partial charge in [-0.05, 0) is 5.56 Å². The van der Waals surface area contributed by atoms with Gasteiger partial charge in [-0.1, -0.05) is 30.3 Å². The van der Waals surface area contributed by atoms with Gasteiger partial charge in [0.15, 0.2) is 0 Å². The van der Waals surface area contributed by atoms with Gasteiger partial charge in [-0.3, -0.25) is 9.59 Å². The van der Waals surface area contributed by atoms with Gasteiger partial charge in [0.25, 0.3) is 10.9 Å². The standard InChI is InChI=1S/C16H21N3O2.HI/c1-19(2,3)10-9-17-13-14(16(21)15(13)20)18-11-12-7-5-4-6-8-12;/h4-8H,9-11H2,1-3H3,(H-,17,18,20,21);1H. The molecule has 0 aliphatic carbocycles. The van der Waals surface area contributed by atoms with Crippen molar-refractivity contribution in [3.63, 3.8) is 0 Å². The lowest BCUT2D eigenvalue weighted by Gasteiger charge is -2.24. The van der Waals surface area contributed by atoms with Crippen molar-refractivity contribution in [2.45, 2.75) is 6.54 Å². The Kier molecular flexibility index (Phi) is 6.55. The van der Waals surface area contributed by atoms with Crippen LogP contribution in [-0.4, -0.2) is 38.7 Å². The van der Waals surface area contributed by atoms with Gasteiger partial charge in [-0.15, -0.1) is 0 Å². The molecule has 22 heavy (non-hydrogen) atoms. The van der Waals surface area contributed by atoms with Crippen LogP contribution in [-0.2, 0) is 6.54 Å². The molecule has 0 aliphatic heterocycles. The quantitative estimate of drug-likeness (QED) is 0.313. The molecule has 0 spiro atoms. The summed E-state index contributed by atoms with van der Waals surface area (Å²) in [5, 5.41) is 6.13. The van der Waals surface area contributed by atoms with E-state index in [1.165, 1.54) is 0 Å². The van der Waals surface area contributed by atoms with Gasteiger partial charge in [0.05, 0.1) is 34.2 Å². The summed E-state index contributed by atoms with van der Waals surface area (Å²) in [6.07, 6.45) is 0. The molecule has 6 heteroatoms.